The number of aryl methyl sites for hydroxylation is 1. The number of hydrazone groups is 1. The highest BCUT2D eigenvalue weighted by atomic mass is 16.5. The van der Waals surface area contributed by atoms with Gasteiger partial charge in [0, 0.05) is 5.56 Å². The van der Waals surface area contributed by atoms with E-state index >= 15 is 0 Å². The Bertz CT molecular complexity index is 631. The van der Waals surface area contributed by atoms with Gasteiger partial charge in [0.1, 0.15) is 5.75 Å². The third kappa shape index (κ3) is 4.74. The summed E-state index contributed by atoms with van der Waals surface area (Å²) in [4.78, 5) is 11.9. The Balaban J connectivity index is 1.90. The Hall–Kier alpha value is -2.62. The summed E-state index contributed by atoms with van der Waals surface area (Å²) < 4.78 is 5.48. The van der Waals surface area contributed by atoms with Gasteiger partial charge in [0.2, 0.25) is 0 Å². The molecule has 0 radical (unpaired) electrons. The third-order valence-electron chi connectivity index (χ3n) is 3.05. The van der Waals surface area contributed by atoms with Crippen LogP contribution in [0.1, 0.15) is 34.8 Å². The van der Waals surface area contributed by atoms with Gasteiger partial charge < -0.3 is 4.74 Å². The van der Waals surface area contributed by atoms with Crippen molar-refractivity contribution in [2.24, 2.45) is 5.10 Å². The number of carbonyl (C=O) groups excluding carboxylic acids is 1. The van der Waals surface area contributed by atoms with E-state index in [1.54, 1.807) is 30.5 Å². The molecule has 0 unspecified atom stereocenters. The molecule has 0 fully saturated rings. The molecule has 4 heteroatoms. The smallest absolute Gasteiger partial charge is 0.271 e. The van der Waals surface area contributed by atoms with E-state index in [1.165, 1.54) is 5.56 Å². The lowest BCUT2D eigenvalue weighted by Gasteiger charge is -2.05. The molecule has 0 heterocycles. The lowest BCUT2D eigenvalue weighted by Crippen LogP contribution is -2.17. The van der Waals surface area contributed by atoms with Crippen LogP contribution in [0.25, 0.3) is 0 Å². The maximum Gasteiger partial charge on any atom is 0.271 e. The molecule has 1 N–H and O–H groups in total. The molecule has 2 aromatic rings. The maximum atomic E-state index is 11.9. The Morgan fingerprint density at radius 3 is 2.45 bits per heavy atom. The quantitative estimate of drug-likeness (QED) is 0.654. The standard InChI is InChI=1S/C18H20N2O2/c1-3-12-22-17-10-8-16(9-11-17)18(21)20-19-13-15-6-4-14(2)5-7-15/h4-11,13H,3,12H2,1-2H3,(H,20,21)/b19-13+. The largest absolute Gasteiger partial charge is 0.494 e. The number of rotatable bonds is 6. The van der Waals surface area contributed by atoms with Gasteiger partial charge in [-0.25, -0.2) is 5.43 Å². The summed E-state index contributed by atoms with van der Waals surface area (Å²) in [6.07, 6.45) is 2.58. The monoisotopic (exact) mass is 296 g/mol. The highest BCUT2D eigenvalue weighted by molar-refractivity contribution is 5.94. The Kier molecular flexibility index (Phi) is 5.72. The number of hydrogen-bond donors (Lipinski definition) is 1. The van der Waals surface area contributed by atoms with Crippen molar-refractivity contribution in [2.75, 3.05) is 6.61 Å². The molecule has 1 amide bonds. The first-order chi connectivity index (χ1) is 10.7. The highest BCUT2D eigenvalue weighted by Crippen LogP contribution is 2.12. The summed E-state index contributed by atoms with van der Waals surface area (Å²) in [7, 11) is 0. The average molecular weight is 296 g/mol. The molecule has 0 saturated heterocycles. The first-order valence-corrected chi connectivity index (χ1v) is 7.32. The summed E-state index contributed by atoms with van der Waals surface area (Å²) in [5.74, 6) is 0.520. The molecule has 0 aromatic heterocycles. The number of carbonyl (C=O) groups is 1. The summed E-state index contributed by atoms with van der Waals surface area (Å²) in [6.45, 7) is 4.75. The van der Waals surface area contributed by atoms with Gasteiger partial charge in [-0.3, -0.25) is 4.79 Å². The minimum absolute atomic E-state index is 0.245. The molecular weight excluding hydrogens is 276 g/mol. The van der Waals surface area contributed by atoms with Gasteiger partial charge in [0.15, 0.2) is 0 Å². The predicted molar refractivity (Wildman–Crippen MR) is 88.5 cm³/mol. The topological polar surface area (TPSA) is 50.7 Å². The number of hydrogen-bond acceptors (Lipinski definition) is 3. The van der Waals surface area contributed by atoms with Gasteiger partial charge in [-0.2, -0.15) is 5.10 Å². The second-order valence-corrected chi connectivity index (χ2v) is 4.98. The van der Waals surface area contributed by atoms with Gasteiger partial charge in [-0.15, -0.1) is 0 Å². The van der Waals surface area contributed by atoms with Crippen molar-refractivity contribution in [3.05, 3.63) is 65.2 Å². The molecule has 22 heavy (non-hydrogen) atoms. The van der Waals surface area contributed by atoms with Crippen molar-refractivity contribution in [3.8, 4) is 5.75 Å². The van der Waals surface area contributed by atoms with Gasteiger partial charge in [-0.1, -0.05) is 36.8 Å². The minimum Gasteiger partial charge on any atom is -0.494 e. The summed E-state index contributed by atoms with van der Waals surface area (Å²) in [6, 6.07) is 14.9. The zero-order valence-corrected chi connectivity index (χ0v) is 12.9. The Morgan fingerprint density at radius 2 is 1.82 bits per heavy atom. The first kappa shape index (κ1) is 15.8. The van der Waals surface area contributed by atoms with Gasteiger partial charge in [0.05, 0.1) is 12.8 Å². The van der Waals surface area contributed by atoms with Crippen LogP contribution in [-0.2, 0) is 0 Å². The van der Waals surface area contributed by atoms with Crippen LogP contribution >= 0.6 is 0 Å². The lowest BCUT2D eigenvalue weighted by atomic mass is 10.2. The van der Waals surface area contributed by atoms with Crippen LogP contribution in [0, 0.1) is 6.92 Å². The molecule has 114 valence electrons. The van der Waals surface area contributed by atoms with Crippen LogP contribution in [0.15, 0.2) is 53.6 Å². The maximum absolute atomic E-state index is 11.9. The van der Waals surface area contributed by atoms with Crippen LogP contribution in [0.2, 0.25) is 0 Å². The van der Waals surface area contributed by atoms with Crippen molar-refractivity contribution < 1.29 is 9.53 Å². The van der Waals surface area contributed by atoms with E-state index in [9.17, 15) is 4.79 Å². The fourth-order valence-corrected chi connectivity index (χ4v) is 1.80. The van der Waals surface area contributed by atoms with Crippen molar-refractivity contribution in [2.45, 2.75) is 20.3 Å². The molecule has 0 bridgehead atoms. The van der Waals surface area contributed by atoms with Crippen molar-refractivity contribution >= 4 is 12.1 Å². The van der Waals surface area contributed by atoms with E-state index in [-0.39, 0.29) is 5.91 Å². The first-order valence-electron chi connectivity index (χ1n) is 7.32. The van der Waals surface area contributed by atoms with Crippen LogP contribution in [-0.4, -0.2) is 18.7 Å². The molecule has 0 aliphatic heterocycles. The molecule has 0 spiro atoms. The number of nitrogens with one attached hydrogen (secondary N) is 1. The second kappa shape index (κ2) is 7.98. The molecule has 2 rings (SSSR count). The normalized spacial score (nSPS) is 10.6. The van der Waals surface area contributed by atoms with E-state index in [4.69, 9.17) is 4.74 Å². The van der Waals surface area contributed by atoms with Crippen LogP contribution < -0.4 is 10.2 Å². The van der Waals surface area contributed by atoms with Crippen molar-refractivity contribution in [1.29, 1.82) is 0 Å². The van der Waals surface area contributed by atoms with Gasteiger partial charge in [-0.05, 0) is 43.2 Å². The van der Waals surface area contributed by atoms with Crippen LogP contribution in [0.4, 0.5) is 0 Å². The van der Waals surface area contributed by atoms with E-state index in [2.05, 4.69) is 10.5 Å². The number of benzene rings is 2. The Morgan fingerprint density at radius 1 is 1.14 bits per heavy atom. The van der Waals surface area contributed by atoms with E-state index < -0.39 is 0 Å². The van der Waals surface area contributed by atoms with Crippen molar-refractivity contribution in [1.82, 2.24) is 5.43 Å². The summed E-state index contributed by atoms with van der Waals surface area (Å²) >= 11 is 0. The molecular formula is C18H20N2O2. The van der Waals surface area contributed by atoms with Crippen molar-refractivity contribution in [3.63, 3.8) is 0 Å². The molecule has 0 aliphatic rings. The van der Waals surface area contributed by atoms with Crippen LogP contribution in [0.3, 0.4) is 0 Å². The zero-order chi connectivity index (χ0) is 15.8. The molecule has 0 aliphatic carbocycles. The fourth-order valence-electron chi connectivity index (χ4n) is 1.80. The summed E-state index contributed by atoms with van der Waals surface area (Å²) in [5, 5.41) is 3.96. The SMILES string of the molecule is CCCOc1ccc(C(=O)N/N=C/c2ccc(C)cc2)cc1. The van der Waals surface area contributed by atoms with E-state index in [0.717, 1.165) is 17.7 Å². The fraction of sp³-hybridized carbons (Fsp3) is 0.222. The van der Waals surface area contributed by atoms with Gasteiger partial charge >= 0.3 is 0 Å². The number of ether oxygens (including phenoxy) is 1. The van der Waals surface area contributed by atoms with E-state index in [0.29, 0.717) is 12.2 Å². The number of amides is 1. The zero-order valence-electron chi connectivity index (χ0n) is 12.9. The summed E-state index contributed by atoms with van der Waals surface area (Å²) in [5.41, 5.74) is 5.19. The molecule has 2 aromatic carbocycles. The molecule has 0 atom stereocenters. The third-order valence-corrected chi connectivity index (χ3v) is 3.05. The predicted octanol–water partition coefficient (Wildman–Crippen LogP) is 3.55. The Labute approximate surface area is 130 Å². The average Bonchev–Trinajstić information content (AvgIpc) is 2.55. The van der Waals surface area contributed by atoms with Crippen LogP contribution in [0.5, 0.6) is 5.75 Å². The number of nitrogens with zero attached hydrogens (tertiary/aromatic N) is 1. The molecule has 4 nitrogen and oxygen atoms in total. The minimum atomic E-state index is -0.245. The second-order valence-electron chi connectivity index (χ2n) is 4.98. The van der Waals surface area contributed by atoms with Gasteiger partial charge in [0.25, 0.3) is 5.91 Å². The lowest BCUT2D eigenvalue weighted by molar-refractivity contribution is 0.0955. The highest BCUT2D eigenvalue weighted by Gasteiger charge is 2.04. The van der Waals surface area contributed by atoms with E-state index in [1.807, 2.05) is 38.1 Å². The molecule has 0 saturated carbocycles.